The van der Waals surface area contributed by atoms with Crippen molar-refractivity contribution in [3.8, 4) is 5.75 Å². The number of methoxy groups -OCH3 is 1. The monoisotopic (exact) mass is 276 g/mol. The van der Waals surface area contributed by atoms with Crippen LogP contribution in [0.15, 0.2) is 42.7 Å². The van der Waals surface area contributed by atoms with Crippen molar-refractivity contribution in [3.05, 3.63) is 58.9 Å². The summed E-state index contributed by atoms with van der Waals surface area (Å²) in [5, 5.41) is 0.604. The number of pyridine rings is 1. The van der Waals surface area contributed by atoms with Crippen LogP contribution in [0.4, 0.5) is 0 Å². The molecule has 0 fully saturated rings. The highest BCUT2D eigenvalue weighted by Crippen LogP contribution is 2.28. The fourth-order valence-electron chi connectivity index (χ4n) is 1.95. The molecule has 0 amide bonds. The number of hydrogen-bond acceptors (Lipinski definition) is 3. The smallest absolute Gasteiger partial charge is 0.137 e. The van der Waals surface area contributed by atoms with E-state index in [-0.39, 0.29) is 6.04 Å². The minimum Gasteiger partial charge on any atom is -0.495 e. The molecular weight excluding hydrogens is 260 g/mol. The van der Waals surface area contributed by atoms with Gasteiger partial charge in [-0.1, -0.05) is 17.7 Å². The van der Waals surface area contributed by atoms with E-state index in [1.54, 1.807) is 19.5 Å². The van der Waals surface area contributed by atoms with Crippen molar-refractivity contribution in [3.63, 3.8) is 0 Å². The molecule has 1 atom stereocenters. The van der Waals surface area contributed by atoms with Crippen molar-refractivity contribution in [2.45, 2.75) is 18.9 Å². The number of ether oxygens (including phenoxy) is 1. The van der Waals surface area contributed by atoms with E-state index < -0.39 is 0 Å². The normalized spacial score (nSPS) is 12.2. The molecule has 0 aliphatic heterocycles. The minimum absolute atomic E-state index is 0.0284. The summed E-state index contributed by atoms with van der Waals surface area (Å²) in [4.78, 5) is 4.00. The number of nitrogens with two attached hydrogens (primary N) is 1. The third-order valence-corrected chi connectivity index (χ3v) is 3.41. The number of rotatable bonds is 5. The molecule has 0 bridgehead atoms. The molecular formula is C15H17ClN2O. The minimum atomic E-state index is -0.0284. The van der Waals surface area contributed by atoms with Crippen LogP contribution in [-0.4, -0.2) is 12.1 Å². The van der Waals surface area contributed by atoms with Gasteiger partial charge >= 0.3 is 0 Å². The molecule has 4 heteroatoms. The Hall–Kier alpha value is -1.58. The first-order valence-corrected chi connectivity index (χ1v) is 6.56. The molecule has 19 heavy (non-hydrogen) atoms. The second-order valence-corrected chi connectivity index (χ2v) is 4.80. The van der Waals surface area contributed by atoms with E-state index in [4.69, 9.17) is 22.1 Å². The van der Waals surface area contributed by atoms with Crippen LogP contribution in [0.3, 0.4) is 0 Å². The second kappa shape index (κ2) is 6.55. The fraction of sp³-hybridized carbons (Fsp3) is 0.267. The van der Waals surface area contributed by atoms with Crippen LogP contribution in [0.25, 0.3) is 0 Å². The molecule has 0 aliphatic carbocycles. The van der Waals surface area contributed by atoms with Gasteiger partial charge in [-0.15, -0.1) is 0 Å². The summed E-state index contributed by atoms with van der Waals surface area (Å²) < 4.78 is 5.20. The number of nitrogens with zero attached hydrogens (tertiary/aromatic N) is 1. The van der Waals surface area contributed by atoms with Crippen LogP contribution in [0, 0.1) is 0 Å². The predicted molar refractivity (Wildman–Crippen MR) is 77.5 cm³/mol. The molecule has 100 valence electrons. The molecule has 0 saturated carbocycles. The number of halogens is 1. The van der Waals surface area contributed by atoms with Crippen LogP contribution in [0.1, 0.15) is 23.6 Å². The summed E-state index contributed by atoms with van der Waals surface area (Å²) in [5.41, 5.74) is 8.48. The summed E-state index contributed by atoms with van der Waals surface area (Å²) in [6.45, 7) is 0. The molecule has 3 nitrogen and oxygen atoms in total. The third-order valence-electron chi connectivity index (χ3n) is 3.10. The molecule has 0 radical (unpaired) electrons. The Bertz CT molecular complexity index is 531. The van der Waals surface area contributed by atoms with E-state index in [1.807, 2.05) is 30.3 Å². The van der Waals surface area contributed by atoms with E-state index in [0.29, 0.717) is 10.8 Å². The Labute approximate surface area is 118 Å². The van der Waals surface area contributed by atoms with Gasteiger partial charge in [-0.3, -0.25) is 4.98 Å². The van der Waals surface area contributed by atoms with Crippen LogP contribution < -0.4 is 10.5 Å². The van der Waals surface area contributed by atoms with E-state index in [1.165, 1.54) is 5.56 Å². The summed E-state index contributed by atoms with van der Waals surface area (Å²) in [6.07, 6.45) is 5.39. The highest BCUT2D eigenvalue weighted by atomic mass is 35.5. The number of aromatic nitrogens is 1. The molecule has 0 aliphatic rings. The summed E-state index contributed by atoms with van der Waals surface area (Å²) >= 11 is 6.00. The number of hydrogen-bond donors (Lipinski definition) is 1. The molecule has 1 heterocycles. The lowest BCUT2D eigenvalue weighted by Crippen LogP contribution is -2.11. The zero-order valence-electron chi connectivity index (χ0n) is 10.8. The standard InChI is InChI=1S/C15H17ClN2O/c1-19-15-10-12(3-4-13(15)16)14(17)5-2-11-6-8-18-9-7-11/h3-4,6-10,14H,2,5,17H2,1H3. The molecule has 2 rings (SSSR count). The van der Waals surface area contributed by atoms with Gasteiger partial charge in [0.15, 0.2) is 0 Å². The maximum atomic E-state index is 6.20. The predicted octanol–water partition coefficient (Wildman–Crippen LogP) is 3.38. The molecule has 1 unspecified atom stereocenters. The van der Waals surface area contributed by atoms with Gasteiger partial charge in [-0.25, -0.2) is 0 Å². The topological polar surface area (TPSA) is 48.1 Å². The van der Waals surface area contributed by atoms with Crippen molar-refractivity contribution in [1.82, 2.24) is 4.98 Å². The van der Waals surface area contributed by atoms with Crippen molar-refractivity contribution in [1.29, 1.82) is 0 Å². The molecule has 2 N–H and O–H groups in total. The summed E-state index contributed by atoms with van der Waals surface area (Å²) in [5.74, 6) is 0.665. The summed E-state index contributed by atoms with van der Waals surface area (Å²) in [6, 6.07) is 9.66. The average molecular weight is 277 g/mol. The Balaban J connectivity index is 2.02. The van der Waals surface area contributed by atoms with E-state index in [0.717, 1.165) is 18.4 Å². The molecule has 0 saturated heterocycles. The first-order valence-electron chi connectivity index (χ1n) is 6.18. The lowest BCUT2D eigenvalue weighted by molar-refractivity contribution is 0.414. The van der Waals surface area contributed by atoms with Gasteiger partial charge in [0.2, 0.25) is 0 Å². The first kappa shape index (κ1) is 13.8. The van der Waals surface area contributed by atoms with Gasteiger partial charge in [0.05, 0.1) is 12.1 Å². The maximum absolute atomic E-state index is 6.20. The van der Waals surface area contributed by atoms with Crippen LogP contribution in [0.5, 0.6) is 5.75 Å². The Morgan fingerprint density at radius 3 is 2.68 bits per heavy atom. The SMILES string of the molecule is COc1cc(C(N)CCc2ccncc2)ccc1Cl. The zero-order chi connectivity index (χ0) is 13.7. The molecule has 2 aromatic rings. The van der Waals surface area contributed by atoms with Gasteiger partial charge < -0.3 is 10.5 Å². The maximum Gasteiger partial charge on any atom is 0.137 e. The first-order chi connectivity index (χ1) is 9.20. The van der Waals surface area contributed by atoms with E-state index >= 15 is 0 Å². The third kappa shape index (κ3) is 3.69. The highest BCUT2D eigenvalue weighted by molar-refractivity contribution is 6.32. The molecule has 0 spiro atoms. The van der Waals surface area contributed by atoms with Crippen LogP contribution in [-0.2, 0) is 6.42 Å². The number of aryl methyl sites for hydroxylation is 1. The Morgan fingerprint density at radius 2 is 2.00 bits per heavy atom. The van der Waals surface area contributed by atoms with Crippen molar-refractivity contribution >= 4 is 11.6 Å². The number of benzene rings is 1. The lowest BCUT2D eigenvalue weighted by Gasteiger charge is -2.14. The van der Waals surface area contributed by atoms with Gasteiger partial charge in [-0.05, 0) is 48.2 Å². The van der Waals surface area contributed by atoms with Crippen molar-refractivity contribution < 1.29 is 4.74 Å². The van der Waals surface area contributed by atoms with Crippen molar-refractivity contribution in [2.24, 2.45) is 5.73 Å². The van der Waals surface area contributed by atoms with Gasteiger partial charge in [0, 0.05) is 18.4 Å². The van der Waals surface area contributed by atoms with Crippen molar-refractivity contribution in [2.75, 3.05) is 7.11 Å². The Kier molecular flexibility index (Phi) is 4.77. The largest absolute Gasteiger partial charge is 0.495 e. The van der Waals surface area contributed by atoms with Gasteiger partial charge in [-0.2, -0.15) is 0 Å². The zero-order valence-corrected chi connectivity index (χ0v) is 11.6. The van der Waals surface area contributed by atoms with E-state index in [9.17, 15) is 0 Å². The fourth-order valence-corrected chi connectivity index (χ4v) is 2.14. The van der Waals surface area contributed by atoms with Crippen LogP contribution in [0.2, 0.25) is 5.02 Å². The molecule has 1 aromatic heterocycles. The Morgan fingerprint density at radius 1 is 1.26 bits per heavy atom. The van der Waals surface area contributed by atoms with Gasteiger partial charge in [0.25, 0.3) is 0 Å². The van der Waals surface area contributed by atoms with E-state index in [2.05, 4.69) is 4.98 Å². The van der Waals surface area contributed by atoms with Gasteiger partial charge in [0.1, 0.15) is 5.75 Å². The lowest BCUT2D eigenvalue weighted by atomic mass is 10.00. The molecule has 1 aromatic carbocycles. The van der Waals surface area contributed by atoms with Crippen LogP contribution >= 0.6 is 11.6 Å². The summed E-state index contributed by atoms with van der Waals surface area (Å²) in [7, 11) is 1.60. The quantitative estimate of drug-likeness (QED) is 0.911. The average Bonchev–Trinajstić information content (AvgIpc) is 2.46. The second-order valence-electron chi connectivity index (χ2n) is 4.39. The highest BCUT2D eigenvalue weighted by Gasteiger charge is 2.09.